The highest BCUT2D eigenvalue weighted by atomic mass is 32.2. The van der Waals surface area contributed by atoms with Gasteiger partial charge >= 0.3 is 0 Å². The Morgan fingerprint density at radius 1 is 0.926 bits per heavy atom. The molecule has 3 aromatic rings. The molecule has 1 aromatic heterocycles. The Morgan fingerprint density at radius 2 is 1.59 bits per heavy atom. The van der Waals surface area contributed by atoms with Crippen LogP contribution >= 0.6 is 11.3 Å². The number of primary amides is 1. The molecule has 0 aliphatic heterocycles. The zero-order chi connectivity index (χ0) is 19.4. The molecule has 0 aliphatic rings. The number of nitrogens with one attached hydrogen (secondary N) is 2. The molecular weight excluding hydrogens is 390 g/mol. The molecule has 0 atom stereocenters. The van der Waals surface area contributed by atoms with E-state index >= 15 is 0 Å². The van der Waals surface area contributed by atoms with Gasteiger partial charge in [0, 0.05) is 16.8 Å². The summed E-state index contributed by atoms with van der Waals surface area (Å²) >= 11 is 0.711. The second-order valence-corrected chi connectivity index (χ2v) is 8.07. The maximum atomic E-state index is 12.4. The predicted octanol–water partition coefficient (Wildman–Crippen LogP) is 1.69. The summed E-state index contributed by atoms with van der Waals surface area (Å²) in [5.41, 5.74) is 6.02. The summed E-state index contributed by atoms with van der Waals surface area (Å²) < 4.78 is 26.8. The van der Waals surface area contributed by atoms with E-state index in [9.17, 15) is 18.0 Å². The van der Waals surface area contributed by atoms with Crippen molar-refractivity contribution in [1.29, 1.82) is 0 Å². The standard InChI is InChI=1S/C16H13N5O4S2/c17-13(22)10-6-8-12(9-7-10)21-27(24,25)16-20-19-15(26-16)18-14(23)11-4-2-1-3-5-11/h1-9,21H,(H2,17,22)(H,18,19,23). The first-order chi connectivity index (χ1) is 12.8. The largest absolute Gasteiger partial charge is 0.366 e. The summed E-state index contributed by atoms with van der Waals surface area (Å²) in [6.07, 6.45) is 0. The third-order valence-electron chi connectivity index (χ3n) is 3.31. The van der Waals surface area contributed by atoms with Gasteiger partial charge in [0.25, 0.3) is 20.3 Å². The molecular formula is C16H13N5O4S2. The second-order valence-electron chi connectivity index (χ2n) is 5.24. The smallest absolute Gasteiger partial charge is 0.291 e. The molecule has 0 radical (unpaired) electrons. The van der Waals surface area contributed by atoms with Gasteiger partial charge in [0.05, 0.1) is 0 Å². The first kappa shape index (κ1) is 18.5. The van der Waals surface area contributed by atoms with Crippen molar-refractivity contribution in [3.63, 3.8) is 0 Å². The fourth-order valence-electron chi connectivity index (χ4n) is 2.03. The van der Waals surface area contributed by atoms with Gasteiger partial charge < -0.3 is 5.73 Å². The Hall–Kier alpha value is -3.31. The highest BCUT2D eigenvalue weighted by Crippen LogP contribution is 2.23. The van der Waals surface area contributed by atoms with E-state index in [2.05, 4.69) is 20.2 Å². The molecule has 0 spiro atoms. The fraction of sp³-hybridized carbons (Fsp3) is 0. The molecule has 138 valence electrons. The zero-order valence-electron chi connectivity index (χ0n) is 13.6. The summed E-state index contributed by atoms with van der Waals surface area (Å²) in [5.74, 6) is -1.04. The average Bonchev–Trinajstić information content (AvgIpc) is 3.12. The number of aromatic nitrogens is 2. The molecule has 0 saturated carbocycles. The third kappa shape index (κ3) is 4.46. The molecule has 0 unspecified atom stereocenters. The number of sulfonamides is 1. The van der Waals surface area contributed by atoms with E-state index in [-0.39, 0.29) is 20.7 Å². The van der Waals surface area contributed by atoms with Crippen molar-refractivity contribution in [3.8, 4) is 0 Å². The van der Waals surface area contributed by atoms with Gasteiger partial charge in [-0.3, -0.25) is 19.6 Å². The normalized spacial score (nSPS) is 11.0. The number of benzene rings is 2. The monoisotopic (exact) mass is 403 g/mol. The minimum atomic E-state index is -4.00. The number of rotatable bonds is 6. The highest BCUT2D eigenvalue weighted by Gasteiger charge is 2.21. The molecule has 9 nitrogen and oxygen atoms in total. The minimum absolute atomic E-state index is 0.0494. The van der Waals surface area contributed by atoms with E-state index in [1.54, 1.807) is 30.3 Å². The van der Waals surface area contributed by atoms with Gasteiger partial charge in [-0.15, -0.1) is 10.2 Å². The van der Waals surface area contributed by atoms with Crippen molar-refractivity contribution < 1.29 is 18.0 Å². The summed E-state index contributed by atoms with van der Waals surface area (Å²) in [4.78, 5) is 23.1. The lowest BCUT2D eigenvalue weighted by atomic mass is 10.2. The van der Waals surface area contributed by atoms with Crippen LogP contribution in [0, 0.1) is 0 Å². The number of carbonyl (C=O) groups excluding carboxylic acids is 2. The molecule has 27 heavy (non-hydrogen) atoms. The molecule has 0 fully saturated rings. The van der Waals surface area contributed by atoms with Crippen molar-refractivity contribution >= 4 is 44.0 Å². The maximum absolute atomic E-state index is 12.4. The molecule has 2 amide bonds. The molecule has 11 heteroatoms. The van der Waals surface area contributed by atoms with E-state index in [1.807, 2.05) is 0 Å². The van der Waals surface area contributed by atoms with Crippen LogP contribution in [0.15, 0.2) is 58.9 Å². The van der Waals surface area contributed by atoms with Crippen LogP contribution in [0.5, 0.6) is 0 Å². The van der Waals surface area contributed by atoms with Gasteiger partial charge in [-0.1, -0.05) is 29.5 Å². The second kappa shape index (κ2) is 7.51. The number of amides is 2. The van der Waals surface area contributed by atoms with E-state index < -0.39 is 21.8 Å². The average molecular weight is 403 g/mol. The number of carbonyl (C=O) groups is 2. The van der Waals surface area contributed by atoms with Crippen LogP contribution in [0.25, 0.3) is 0 Å². The lowest BCUT2D eigenvalue weighted by Gasteiger charge is -2.05. The predicted molar refractivity (Wildman–Crippen MR) is 100 cm³/mol. The van der Waals surface area contributed by atoms with Crippen LogP contribution in [-0.2, 0) is 10.0 Å². The fourth-order valence-corrected chi connectivity index (χ4v) is 3.98. The highest BCUT2D eigenvalue weighted by molar-refractivity contribution is 7.94. The van der Waals surface area contributed by atoms with Crippen molar-refractivity contribution in [3.05, 3.63) is 65.7 Å². The van der Waals surface area contributed by atoms with Gasteiger partial charge in [-0.2, -0.15) is 8.42 Å². The first-order valence-electron chi connectivity index (χ1n) is 7.48. The number of nitrogens with two attached hydrogens (primary N) is 1. The van der Waals surface area contributed by atoms with E-state index in [0.717, 1.165) is 0 Å². The van der Waals surface area contributed by atoms with Gasteiger partial charge in [0.1, 0.15) is 0 Å². The maximum Gasteiger partial charge on any atom is 0.291 e. The Balaban J connectivity index is 1.72. The quantitative estimate of drug-likeness (QED) is 0.534. The summed E-state index contributed by atoms with van der Waals surface area (Å²) in [5, 5.41) is 9.84. The van der Waals surface area contributed by atoms with E-state index in [0.29, 0.717) is 16.9 Å². The first-order valence-corrected chi connectivity index (χ1v) is 9.78. The molecule has 1 heterocycles. The topological polar surface area (TPSA) is 144 Å². The number of hydrogen-bond donors (Lipinski definition) is 3. The zero-order valence-corrected chi connectivity index (χ0v) is 15.3. The van der Waals surface area contributed by atoms with Crippen LogP contribution in [0.4, 0.5) is 10.8 Å². The lowest BCUT2D eigenvalue weighted by Crippen LogP contribution is -2.14. The van der Waals surface area contributed by atoms with Crippen molar-refractivity contribution in [2.75, 3.05) is 10.0 Å². The van der Waals surface area contributed by atoms with Gasteiger partial charge in [-0.25, -0.2) is 0 Å². The van der Waals surface area contributed by atoms with Crippen LogP contribution in [-0.4, -0.2) is 30.4 Å². The van der Waals surface area contributed by atoms with Gasteiger partial charge in [-0.05, 0) is 36.4 Å². The van der Waals surface area contributed by atoms with Crippen LogP contribution in [0.3, 0.4) is 0 Å². The Labute approximate surface area is 158 Å². The Kier molecular flexibility index (Phi) is 5.14. The molecule has 2 aromatic carbocycles. The van der Waals surface area contributed by atoms with Gasteiger partial charge in [0.15, 0.2) is 0 Å². The molecule has 3 rings (SSSR count). The Morgan fingerprint density at radius 3 is 2.22 bits per heavy atom. The van der Waals surface area contributed by atoms with Crippen molar-refractivity contribution in [2.24, 2.45) is 5.73 Å². The molecule has 0 saturated heterocycles. The Bertz CT molecular complexity index is 1080. The third-order valence-corrected chi connectivity index (χ3v) is 5.90. The van der Waals surface area contributed by atoms with E-state index in [4.69, 9.17) is 5.73 Å². The number of hydrogen-bond acceptors (Lipinski definition) is 7. The minimum Gasteiger partial charge on any atom is -0.366 e. The molecule has 0 aliphatic carbocycles. The molecule has 0 bridgehead atoms. The summed E-state index contributed by atoms with van der Waals surface area (Å²) in [7, 11) is -4.00. The summed E-state index contributed by atoms with van der Waals surface area (Å²) in [6.45, 7) is 0. The summed E-state index contributed by atoms with van der Waals surface area (Å²) in [6, 6.07) is 14.0. The van der Waals surface area contributed by atoms with Crippen molar-refractivity contribution in [1.82, 2.24) is 10.2 Å². The molecule has 4 N–H and O–H groups in total. The van der Waals surface area contributed by atoms with Crippen LogP contribution < -0.4 is 15.8 Å². The number of anilines is 2. The van der Waals surface area contributed by atoms with Gasteiger partial charge in [0.2, 0.25) is 11.0 Å². The number of nitrogens with zero attached hydrogens (tertiary/aromatic N) is 2. The van der Waals surface area contributed by atoms with E-state index in [1.165, 1.54) is 24.3 Å². The van der Waals surface area contributed by atoms with Crippen LogP contribution in [0.1, 0.15) is 20.7 Å². The van der Waals surface area contributed by atoms with Crippen molar-refractivity contribution in [2.45, 2.75) is 4.34 Å². The van der Waals surface area contributed by atoms with Crippen LogP contribution in [0.2, 0.25) is 0 Å². The lowest BCUT2D eigenvalue weighted by molar-refractivity contribution is 0.0997. The SMILES string of the molecule is NC(=O)c1ccc(NS(=O)(=O)c2nnc(NC(=O)c3ccccc3)s2)cc1.